The Morgan fingerprint density at radius 1 is 1.03 bits per heavy atom. The molecule has 0 spiro atoms. The second kappa shape index (κ2) is 10.1. The van der Waals surface area contributed by atoms with Gasteiger partial charge in [-0.3, -0.25) is 19.3 Å². The number of anilines is 1. The largest absolute Gasteiger partial charge is 0.457 e. The Labute approximate surface area is 207 Å². The first-order valence-electron chi connectivity index (χ1n) is 11.6. The Kier molecular flexibility index (Phi) is 6.60. The highest BCUT2D eigenvalue weighted by molar-refractivity contribution is 6.21. The minimum absolute atomic E-state index is 0.119. The molecule has 2 aliphatic rings. The number of ether oxygens (including phenoxy) is 2. The van der Waals surface area contributed by atoms with Crippen molar-refractivity contribution in [1.29, 1.82) is 0 Å². The number of rotatable bonds is 7. The fraction of sp³-hybridized carbons (Fsp3) is 0.179. The fourth-order valence-corrected chi connectivity index (χ4v) is 4.19. The maximum atomic E-state index is 13.0. The summed E-state index contributed by atoms with van der Waals surface area (Å²) in [7, 11) is 0. The highest BCUT2D eigenvalue weighted by Crippen LogP contribution is 2.31. The fourth-order valence-electron chi connectivity index (χ4n) is 4.19. The molecular formula is C28H23FN2O5. The van der Waals surface area contributed by atoms with Crippen LogP contribution in [-0.2, 0) is 9.53 Å². The van der Waals surface area contributed by atoms with Crippen molar-refractivity contribution in [3.05, 3.63) is 95.3 Å². The average molecular weight is 486 g/mol. The lowest BCUT2D eigenvalue weighted by Crippen LogP contribution is -2.36. The van der Waals surface area contributed by atoms with E-state index in [4.69, 9.17) is 9.47 Å². The molecule has 1 unspecified atom stereocenters. The number of nitrogens with one attached hydrogen (secondary N) is 1. The molecule has 1 fully saturated rings. The first-order valence-corrected chi connectivity index (χ1v) is 11.6. The predicted molar refractivity (Wildman–Crippen MR) is 131 cm³/mol. The molecule has 3 aromatic rings. The number of hydrogen-bond donors (Lipinski definition) is 1. The van der Waals surface area contributed by atoms with Crippen molar-refractivity contribution in [2.75, 3.05) is 18.5 Å². The summed E-state index contributed by atoms with van der Waals surface area (Å²) in [4.78, 5) is 39.1. The molecule has 1 saturated heterocycles. The van der Waals surface area contributed by atoms with Crippen molar-refractivity contribution >= 4 is 29.5 Å². The normalized spacial score (nSPS) is 17.0. The molecule has 0 aliphatic carbocycles. The van der Waals surface area contributed by atoms with Crippen LogP contribution in [0.4, 0.5) is 10.1 Å². The number of halogens is 1. The van der Waals surface area contributed by atoms with Crippen LogP contribution in [-0.4, -0.2) is 41.9 Å². The van der Waals surface area contributed by atoms with Crippen molar-refractivity contribution in [2.24, 2.45) is 0 Å². The third-order valence-corrected chi connectivity index (χ3v) is 5.99. The molecule has 0 aromatic heterocycles. The number of hydrogen-bond acceptors (Lipinski definition) is 5. The molecule has 36 heavy (non-hydrogen) atoms. The first kappa shape index (κ1) is 23.4. The van der Waals surface area contributed by atoms with E-state index >= 15 is 0 Å². The van der Waals surface area contributed by atoms with E-state index in [1.807, 2.05) is 0 Å². The lowest BCUT2D eigenvalue weighted by Gasteiger charge is -2.17. The molecular weight excluding hydrogens is 463 g/mol. The van der Waals surface area contributed by atoms with Crippen molar-refractivity contribution in [1.82, 2.24) is 4.90 Å². The lowest BCUT2D eigenvalue weighted by atomic mass is 10.1. The zero-order valence-corrected chi connectivity index (χ0v) is 19.3. The second-order valence-corrected chi connectivity index (χ2v) is 8.57. The standard InChI is InChI=1S/C28H23FN2O5/c29-19-9-6-18(7-10-19)8-13-26(32)30-20-3-1-4-21(15-20)36-22-11-12-24-25(16-22)28(34)31(27(24)33)17-23-5-2-14-35-23/h1,3-4,6-13,15-16,23H,2,5,14,17H2,(H,30,32)/b13-8+. The van der Waals surface area contributed by atoms with Gasteiger partial charge in [0.2, 0.25) is 5.91 Å². The molecule has 0 radical (unpaired) electrons. The number of carbonyl (C=O) groups is 3. The SMILES string of the molecule is O=C(/C=C/c1ccc(F)cc1)Nc1cccc(Oc2ccc3c(c2)C(=O)N(CC2CCCO2)C3=O)c1. The first-order chi connectivity index (χ1) is 17.5. The number of fused-ring (bicyclic) bond motifs is 1. The summed E-state index contributed by atoms with van der Waals surface area (Å²) < 4.78 is 24.5. The summed E-state index contributed by atoms with van der Waals surface area (Å²) in [6.07, 6.45) is 4.57. The molecule has 2 aliphatic heterocycles. The van der Waals surface area contributed by atoms with Crippen molar-refractivity contribution in [3.63, 3.8) is 0 Å². The van der Waals surface area contributed by atoms with Gasteiger partial charge in [0, 0.05) is 24.4 Å². The molecule has 0 bridgehead atoms. The summed E-state index contributed by atoms with van der Waals surface area (Å²) in [5.41, 5.74) is 1.85. The van der Waals surface area contributed by atoms with Gasteiger partial charge in [-0.25, -0.2) is 4.39 Å². The van der Waals surface area contributed by atoms with E-state index in [1.165, 1.54) is 23.1 Å². The zero-order valence-electron chi connectivity index (χ0n) is 19.3. The van der Waals surface area contributed by atoms with Crippen LogP contribution in [0.25, 0.3) is 6.08 Å². The molecule has 2 heterocycles. The van der Waals surface area contributed by atoms with E-state index in [9.17, 15) is 18.8 Å². The predicted octanol–water partition coefficient (Wildman–Crippen LogP) is 5.04. The Balaban J connectivity index is 1.24. The number of imide groups is 1. The number of amides is 3. The minimum Gasteiger partial charge on any atom is -0.457 e. The van der Waals surface area contributed by atoms with Crippen molar-refractivity contribution in [2.45, 2.75) is 18.9 Å². The third-order valence-electron chi connectivity index (χ3n) is 5.99. The van der Waals surface area contributed by atoms with Gasteiger partial charge in [0.25, 0.3) is 11.8 Å². The summed E-state index contributed by atoms with van der Waals surface area (Å²) in [6, 6.07) is 17.4. The molecule has 1 atom stereocenters. The van der Waals surface area contributed by atoms with E-state index in [2.05, 4.69) is 5.32 Å². The Bertz CT molecular complexity index is 1350. The average Bonchev–Trinajstić information content (AvgIpc) is 3.47. The van der Waals surface area contributed by atoms with Gasteiger partial charge in [-0.15, -0.1) is 0 Å². The number of nitrogens with zero attached hydrogens (tertiary/aromatic N) is 1. The van der Waals surface area contributed by atoms with E-state index in [0.29, 0.717) is 40.5 Å². The van der Waals surface area contributed by atoms with Gasteiger partial charge >= 0.3 is 0 Å². The van der Waals surface area contributed by atoms with Gasteiger partial charge < -0.3 is 14.8 Å². The van der Waals surface area contributed by atoms with Crippen LogP contribution in [0.15, 0.2) is 72.8 Å². The van der Waals surface area contributed by atoms with Crippen molar-refractivity contribution in [3.8, 4) is 11.5 Å². The molecule has 3 aromatic carbocycles. The van der Waals surface area contributed by atoms with Crippen LogP contribution in [0, 0.1) is 5.82 Å². The van der Waals surface area contributed by atoms with Crippen LogP contribution < -0.4 is 10.1 Å². The highest BCUT2D eigenvalue weighted by Gasteiger charge is 2.37. The quantitative estimate of drug-likeness (QED) is 0.373. The van der Waals surface area contributed by atoms with E-state index in [0.717, 1.165) is 12.8 Å². The third kappa shape index (κ3) is 5.18. The van der Waals surface area contributed by atoms with Gasteiger partial charge in [0.05, 0.1) is 23.8 Å². The monoisotopic (exact) mass is 486 g/mol. The molecule has 5 rings (SSSR count). The van der Waals surface area contributed by atoms with E-state index in [-0.39, 0.29) is 36.2 Å². The summed E-state index contributed by atoms with van der Waals surface area (Å²) in [5.74, 6) is -0.537. The minimum atomic E-state index is -0.357. The van der Waals surface area contributed by atoms with Crippen LogP contribution in [0.1, 0.15) is 39.1 Å². The Morgan fingerprint density at radius 3 is 2.58 bits per heavy atom. The van der Waals surface area contributed by atoms with Gasteiger partial charge in [-0.2, -0.15) is 0 Å². The van der Waals surface area contributed by atoms with Crippen LogP contribution in [0.5, 0.6) is 11.5 Å². The van der Waals surface area contributed by atoms with Crippen molar-refractivity contribution < 1.29 is 28.2 Å². The number of carbonyl (C=O) groups excluding carboxylic acids is 3. The van der Waals surface area contributed by atoms with Crippen LogP contribution in [0.2, 0.25) is 0 Å². The van der Waals surface area contributed by atoms with Gasteiger partial charge in [-0.1, -0.05) is 18.2 Å². The Hall–Kier alpha value is -4.30. The van der Waals surface area contributed by atoms with Crippen LogP contribution >= 0.6 is 0 Å². The highest BCUT2D eigenvalue weighted by atomic mass is 19.1. The molecule has 0 saturated carbocycles. The molecule has 3 amide bonds. The lowest BCUT2D eigenvalue weighted by molar-refractivity contribution is -0.111. The molecule has 7 nitrogen and oxygen atoms in total. The molecule has 8 heteroatoms. The summed E-state index contributed by atoms with van der Waals surface area (Å²) in [6.45, 7) is 0.899. The van der Waals surface area contributed by atoms with E-state index in [1.54, 1.807) is 60.7 Å². The van der Waals surface area contributed by atoms with Gasteiger partial charge in [-0.05, 0) is 66.9 Å². The molecule has 182 valence electrons. The summed E-state index contributed by atoms with van der Waals surface area (Å²) in [5, 5.41) is 2.75. The maximum Gasteiger partial charge on any atom is 0.261 e. The Morgan fingerprint density at radius 2 is 1.81 bits per heavy atom. The van der Waals surface area contributed by atoms with E-state index < -0.39 is 0 Å². The smallest absolute Gasteiger partial charge is 0.261 e. The van der Waals surface area contributed by atoms with Gasteiger partial charge in [0.1, 0.15) is 17.3 Å². The molecule has 1 N–H and O–H groups in total. The second-order valence-electron chi connectivity index (χ2n) is 8.57. The number of benzene rings is 3. The maximum absolute atomic E-state index is 13.0. The van der Waals surface area contributed by atoms with Gasteiger partial charge in [0.15, 0.2) is 0 Å². The zero-order chi connectivity index (χ0) is 25.1. The van der Waals surface area contributed by atoms with Crippen LogP contribution in [0.3, 0.4) is 0 Å². The summed E-state index contributed by atoms with van der Waals surface area (Å²) >= 11 is 0. The topological polar surface area (TPSA) is 84.9 Å².